The van der Waals surface area contributed by atoms with E-state index in [4.69, 9.17) is 28.3 Å². The zero-order chi connectivity index (χ0) is 29.7. The fraction of sp³-hybridized carbons (Fsp3) is 0.250. The number of rotatable bonds is 5. The predicted octanol–water partition coefficient (Wildman–Crippen LogP) is 6.11. The lowest BCUT2D eigenvalue weighted by molar-refractivity contribution is -0.136. The number of anilines is 1. The van der Waals surface area contributed by atoms with Crippen molar-refractivity contribution in [3.8, 4) is 0 Å². The van der Waals surface area contributed by atoms with E-state index in [2.05, 4.69) is 16.4 Å². The second-order valence-corrected chi connectivity index (χ2v) is 11.9. The second-order valence-electron chi connectivity index (χ2n) is 11.0. The van der Waals surface area contributed by atoms with Gasteiger partial charge in [0.15, 0.2) is 12.1 Å². The summed E-state index contributed by atoms with van der Waals surface area (Å²) >= 11 is 12.3. The van der Waals surface area contributed by atoms with E-state index in [0.717, 1.165) is 46.6 Å². The number of hydrazone groups is 1. The van der Waals surface area contributed by atoms with Gasteiger partial charge in [-0.3, -0.25) is 19.4 Å². The molecule has 0 unspecified atom stereocenters. The standard InChI is InChI=1S/C32H26Cl2N6O3/c33-22-13-9-19(10-14-22)17-21-5-4-8-25-27(21)36-40(29(25)20-11-15-23(34)16-12-20)26(41)18-38-30-28(35-37-38)31(42)39(32(30)43)24-6-2-1-3-7-24/h1-3,6-7,9-17,25,28-30H,4-5,8,18H2/b21-17-/t25-,28+,29-,30+/m0/s1. The average Bonchev–Trinajstić information content (AvgIpc) is 3.68. The lowest BCUT2D eigenvalue weighted by Gasteiger charge is -2.30. The molecule has 7 rings (SSSR count). The number of imide groups is 1. The highest BCUT2D eigenvalue weighted by Crippen LogP contribution is 2.45. The molecular weight excluding hydrogens is 587 g/mol. The Morgan fingerprint density at radius 3 is 2.30 bits per heavy atom. The minimum absolute atomic E-state index is 0.0198. The minimum Gasteiger partial charge on any atom is -0.271 e. The highest BCUT2D eigenvalue weighted by Gasteiger charge is 2.55. The molecule has 0 bridgehead atoms. The maximum absolute atomic E-state index is 14.0. The number of carbonyl (C=O) groups is 3. The Bertz CT molecular complexity index is 1690. The third-order valence-corrected chi connectivity index (χ3v) is 8.85. The summed E-state index contributed by atoms with van der Waals surface area (Å²) in [5, 5.41) is 17.2. The van der Waals surface area contributed by atoms with Crippen molar-refractivity contribution in [3.63, 3.8) is 0 Å². The number of hydrogen-bond donors (Lipinski definition) is 0. The number of halogens is 2. The van der Waals surface area contributed by atoms with Gasteiger partial charge in [-0.05, 0) is 78.4 Å². The van der Waals surface area contributed by atoms with Crippen molar-refractivity contribution >= 4 is 58.4 Å². The third kappa shape index (κ3) is 4.92. The quantitative estimate of drug-likeness (QED) is 0.325. The van der Waals surface area contributed by atoms with Crippen molar-refractivity contribution in [1.82, 2.24) is 10.0 Å². The molecule has 3 aromatic rings. The van der Waals surface area contributed by atoms with Gasteiger partial charge in [-0.15, -0.1) is 0 Å². The predicted molar refractivity (Wildman–Crippen MR) is 163 cm³/mol. The van der Waals surface area contributed by atoms with Gasteiger partial charge in [0.1, 0.15) is 6.54 Å². The van der Waals surface area contributed by atoms with Crippen LogP contribution >= 0.6 is 23.2 Å². The number of benzene rings is 3. The first-order chi connectivity index (χ1) is 20.9. The van der Waals surface area contributed by atoms with Crippen LogP contribution < -0.4 is 4.90 Å². The van der Waals surface area contributed by atoms with E-state index in [1.54, 1.807) is 24.3 Å². The van der Waals surface area contributed by atoms with Crippen LogP contribution in [0.25, 0.3) is 6.08 Å². The van der Waals surface area contributed by atoms with Crippen molar-refractivity contribution in [2.24, 2.45) is 21.4 Å². The molecule has 3 aliphatic heterocycles. The van der Waals surface area contributed by atoms with Gasteiger partial charge < -0.3 is 0 Å². The van der Waals surface area contributed by atoms with Gasteiger partial charge in [-0.1, -0.05) is 70.9 Å². The number of carbonyl (C=O) groups excluding carboxylic acids is 3. The Morgan fingerprint density at radius 1 is 0.884 bits per heavy atom. The van der Waals surface area contributed by atoms with Crippen LogP contribution in [0.15, 0.2) is 99.9 Å². The van der Waals surface area contributed by atoms with Gasteiger partial charge in [0.2, 0.25) is 0 Å². The number of hydrogen-bond acceptors (Lipinski definition) is 7. The minimum atomic E-state index is -0.992. The molecule has 3 amide bonds. The number of para-hydroxylation sites is 1. The lowest BCUT2D eigenvalue weighted by atomic mass is 9.77. The van der Waals surface area contributed by atoms with Gasteiger partial charge in [0, 0.05) is 16.0 Å². The molecule has 3 heterocycles. The highest BCUT2D eigenvalue weighted by molar-refractivity contribution is 6.31. The van der Waals surface area contributed by atoms with Crippen LogP contribution in [0.3, 0.4) is 0 Å². The van der Waals surface area contributed by atoms with E-state index in [0.29, 0.717) is 15.7 Å². The van der Waals surface area contributed by atoms with Crippen molar-refractivity contribution in [2.75, 3.05) is 11.4 Å². The summed E-state index contributed by atoms with van der Waals surface area (Å²) in [5.74, 6) is -1.27. The zero-order valence-electron chi connectivity index (χ0n) is 22.9. The largest absolute Gasteiger partial charge is 0.271 e. The van der Waals surface area contributed by atoms with E-state index in [9.17, 15) is 14.4 Å². The maximum Gasteiger partial charge on any atom is 0.264 e. The molecule has 0 N–H and O–H groups in total. The molecular formula is C32H26Cl2N6O3. The van der Waals surface area contributed by atoms with Gasteiger partial charge in [-0.25, -0.2) is 9.91 Å². The Balaban J connectivity index is 1.19. The van der Waals surface area contributed by atoms with Crippen molar-refractivity contribution in [1.29, 1.82) is 0 Å². The van der Waals surface area contributed by atoms with Crippen molar-refractivity contribution in [2.45, 2.75) is 37.4 Å². The lowest BCUT2D eigenvalue weighted by Crippen LogP contribution is -2.45. The summed E-state index contributed by atoms with van der Waals surface area (Å²) in [7, 11) is 0. The normalized spacial score (nSPS) is 25.4. The Labute approximate surface area is 258 Å². The van der Waals surface area contributed by atoms with E-state index in [1.165, 1.54) is 10.0 Å². The first-order valence-electron chi connectivity index (χ1n) is 14.1. The molecule has 9 nitrogen and oxygen atoms in total. The average molecular weight is 614 g/mol. The molecule has 4 aliphatic rings. The topological polar surface area (TPSA) is 98.0 Å². The van der Waals surface area contributed by atoms with Crippen LogP contribution in [-0.4, -0.2) is 52.1 Å². The summed E-state index contributed by atoms with van der Waals surface area (Å²) in [4.78, 5) is 41.7. The van der Waals surface area contributed by atoms with E-state index >= 15 is 0 Å². The number of fused-ring (bicyclic) bond motifs is 2. The van der Waals surface area contributed by atoms with Gasteiger partial charge in [-0.2, -0.15) is 10.2 Å². The molecule has 1 aliphatic carbocycles. The summed E-state index contributed by atoms with van der Waals surface area (Å²) in [6.45, 7) is -0.254. The molecule has 11 heteroatoms. The van der Waals surface area contributed by atoms with Gasteiger partial charge >= 0.3 is 0 Å². The Morgan fingerprint density at radius 2 is 1.58 bits per heavy atom. The molecule has 3 aromatic carbocycles. The van der Waals surface area contributed by atoms with E-state index in [-0.39, 0.29) is 24.4 Å². The van der Waals surface area contributed by atoms with Crippen LogP contribution in [0.1, 0.15) is 36.4 Å². The first kappa shape index (κ1) is 27.5. The number of allylic oxidation sites excluding steroid dienone is 1. The molecule has 0 aromatic heterocycles. The summed E-state index contributed by atoms with van der Waals surface area (Å²) in [6.07, 6.45) is 4.75. The van der Waals surface area contributed by atoms with Gasteiger partial charge in [0.25, 0.3) is 17.7 Å². The zero-order valence-corrected chi connectivity index (χ0v) is 24.4. The van der Waals surface area contributed by atoms with Crippen molar-refractivity contribution < 1.29 is 14.4 Å². The molecule has 4 atom stereocenters. The molecule has 2 fully saturated rings. The molecule has 216 valence electrons. The summed E-state index contributed by atoms with van der Waals surface area (Å²) in [6, 6.07) is 21.5. The van der Waals surface area contributed by atoms with Crippen LogP contribution in [-0.2, 0) is 14.4 Å². The van der Waals surface area contributed by atoms with E-state index < -0.39 is 23.9 Å². The molecule has 43 heavy (non-hydrogen) atoms. The van der Waals surface area contributed by atoms with Crippen LogP contribution in [0.2, 0.25) is 10.0 Å². The smallest absolute Gasteiger partial charge is 0.264 e. The maximum atomic E-state index is 14.0. The van der Waals surface area contributed by atoms with Crippen LogP contribution in [0.4, 0.5) is 5.69 Å². The molecule has 0 radical (unpaired) electrons. The molecule has 1 saturated carbocycles. The van der Waals surface area contributed by atoms with E-state index in [1.807, 2.05) is 54.6 Å². The molecule has 0 spiro atoms. The number of amides is 3. The fourth-order valence-electron chi connectivity index (χ4n) is 6.36. The third-order valence-electron chi connectivity index (χ3n) is 8.35. The van der Waals surface area contributed by atoms with Crippen LogP contribution in [0.5, 0.6) is 0 Å². The monoisotopic (exact) mass is 612 g/mol. The Kier molecular flexibility index (Phi) is 7.07. The first-order valence-corrected chi connectivity index (χ1v) is 14.9. The van der Waals surface area contributed by atoms with Crippen LogP contribution in [0, 0.1) is 5.92 Å². The summed E-state index contributed by atoms with van der Waals surface area (Å²) in [5.41, 5.74) is 4.33. The van der Waals surface area contributed by atoms with Crippen molar-refractivity contribution in [3.05, 3.63) is 106 Å². The Hall–Kier alpha value is -4.34. The SMILES string of the molecule is O=C1[C@@H]2N=NN(CC(=O)N3N=C4/C(=C\c5ccc(Cl)cc5)CCC[C@@H]4[C@@H]3c3ccc(Cl)cc3)[C@H]2C(=O)N1c1ccccc1. The number of nitrogens with zero attached hydrogens (tertiary/aromatic N) is 6. The fourth-order valence-corrected chi connectivity index (χ4v) is 6.61. The second kappa shape index (κ2) is 11.1. The summed E-state index contributed by atoms with van der Waals surface area (Å²) < 4.78 is 0. The molecule has 1 saturated heterocycles. The highest BCUT2D eigenvalue weighted by atomic mass is 35.5. The van der Waals surface area contributed by atoms with Gasteiger partial charge in [0.05, 0.1) is 17.4 Å².